The van der Waals surface area contributed by atoms with E-state index < -0.39 is 11.6 Å². The molecule has 3 rings (SSSR count). The quantitative estimate of drug-likeness (QED) is 0.529. The summed E-state index contributed by atoms with van der Waals surface area (Å²) in [5.74, 6) is -1.35. The Morgan fingerprint density at radius 1 is 1.38 bits per heavy atom. The Morgan fingerprint density at radius 2 is 2.12 bits per heavy atom. The van der Waals surface area contributed by atoms with E-state index in [4.69, 9.17) is 9.47 Å². The van der Waals surface area contributed by atoms with E-state index in [9.17, 15) is 14.7 Å². The number of hydrogen-bond donors (Lipinski definition) is 1. The SMILES string of the molecule is CC1=CC(=O)OC2CCN3CC=C(COC(=O)C(C)(O)C(C)C1)C23. The van der Waals surface area contributed by atoms with Crippen LogP contribution in [0.2, 0.25) is 0 Å². The average molecular weight is 335 g/mol. The molecule has 0 bridgehead atoms. The molecule has 0 saturated carbocycles. The minimum Gasteiger partial charge on any atom is -0.459 e. The third-order valence-electron chi connectivity index (χ3n) is 5.42. The summed E-state index contributed by atoms with van der Waals surface area (Å²) in [4.78, 5) is 26.8. The Morgan fingerprint density at radius 3 is 2.88 bits per heavy atom. The molecule has 0 aromatic rings. The molecule has 3 heterocycles. The monoisotopic (exact) mass is 335 g/mol. The lowest BCUT2D eigenvalue weighted by Gasteiger charge is -2.28. The minimum atomic E-state index is -1.60. The zero-order valence-electron chi connectivity index (χ0n) is 14.4. The summed E-state index contributed by atoms with van der Waals surface area (Å²) in [5, 5.41) is 10.6. The number of ether oxygens (including phenoxy) is 2. The van der Waals surface area contributed by atoms with E-state index in [0.29, 0.717) is 6.42 Å². The molecule has 0 aliphatic carbocycles. The summed E-state index contributed by atoms with van der Waals surface area (Å²) < 4.78 is 11.1. The third kappa shape index (κ3) is 3.13. The molecular weight excluding hydrogens is 310 g/mol. The van der Waals surface area contributed by atoms with Gasteiger partial charge in [-0.1, -0.05) is 18.6 Å². The molecule has 1 saturated heterocycles. The molecule has 0 amide bonds. The summed E-state index contributed by atoms with van der Waals surface area (Å²) in [6, 6.07) is -0.0291. The van der Waals surface area contributed by atoms with E-state index in [1.807, 2.05) is 6.08 Å². The Bertz CT molecular complexity index is 607. The van der Waals surface area contributed by atoms with Crippen LogP contribution in [0.1, 0.15) is 33.6 Å². The summed E-state index contributed by atoms with van der Waals surface area (Å²) >= 11 is 0. The van der Waals surface area contributed by atoms with Gasteiger partial charge in [-0.25, -0.2) is 9.59 Å². The fraction of sp³-hybridized carbons (Fsp3) is 0.667. The molecule has 24 heavy (non-hydrogen) atoms. The predicted octanol–water partition coefficient (Wildman–Crippen LogP) is 1.19. The molecular formula is C18H25NO5. The number of carbonyl (C=O) groups excluding carboxylic acids is 2. The van der Waals surface area contributed by atoms with Crippen molar-refractivity contribution < 1.29 is 24.2 Å². The highest BCUT2D eigenvalue weighted by molar-refractivity contribution is 5.83. The molecule has 6 heteroatoms. The largest absolute Gasteiger partial charge is 0.459 e. The van der Waals surface area contributed by atoms with Gasteiger partial charge in [0.1, 0.15) is 12.7 Å². The van der Waals surface area contributed by atoms with Gasteiger partial charge in [-0.15, -0.1) is 0 Å². The summed E-state index contributed by atoms with van der Waals surface area (Å²) in [6.07, 6.45) is 4.48. The maximum atomic E-state index is 12.4. The van der Waals surface area contributed by atoms with Gasteiger partial charge < -0.3 is 14.6 Å². The van der Waals surface area contributed by atoms with Crippen molar-refractivity contribution in [3.05, 3.63) is 23.3 Å². The zero-order valence-corrected chi connectivity index (χ0v) is 14.4. The topological polar surface area (TPSA) is 76.1 Å². The standard InChI is InChI=1S/C18H25NO5/c1-11-8-12(2)18(3,22)17(21)23-10-13-4-6-19-7-5-14(16(13)19)24-15(20)9-11/h4,9,12,14,16,22H,5-8,10H2,1-3H3. The Balaban J connectivity index is 1.88. The van der Waals surface area contributed by atoms with Crippen LogP contribution in [0.25, 0.3) is 0 Å². The van der Waals surface area contributed by atoms with Gasteiger partial charge in [0, 0.05) is 19.2 Å². The molecule has 0 aromatic carbocycles. The molecule has 3 aliphatic rings. The lowest BCUT2D eigenvalue weighted by Crippen LogP contribution is -2.44. The lowest BCUT2D eigenvalue weighted by atomic mass is 9.85. The fourth-order valence-corrected chi connectivity index (χ4v) is 3.75. The average Bonchev–Trinajstić information content (AvgIpc) is 3.06. The van der Waals surface area contributed by atoms with Gasteiger partial charge in [-0.2, -0.15) is 0 Å². The maximum Gasteiger partial charge on any atom is 0.338 e. The number of rotatable bonds is 0. The van der Waals surface area contributed by atoms with Gasteiger partial charge in [0.05, 0.1) is 6.04 Å². The fourth-order valence-electron chi connectivity index (χ4n) is 3.75. The highest BCUT2D eigenvalue weighted by atomic mass is 16.6. The maximum absolute atomic E-state index is 12.4. The number of carbonyl (C=O) groups is 2. The van der Waals surface area contributed by atoms with Crippen LogP contribution >= 0.6 is 0 Å². The van der Waals surface area contributed by atoms with Crippen LogP contribution < -0.4 is 0 Å². The second kappa shape index (κ2) is 6.33. The first-order valence-corrected chi connectivity index (χ1v) is 8.49. The summed E-state index contributed by atoms with van der Waals surface area (Å²) in [7, 11) is 0. The van der Waals surface area contributed by atoms with Gasteiger partial charge in [-0.3, -0.25) is 4.90 Å². The summed E-state index contributed by atoms with van der Waals surface area (Å²) in [6.45, 7) is 6.80. The van der Waals surface area contributed by atoms with Crippen molar-refractivity contribution in [2.24, 2.45) is 5.92 Å². The van der Waals surface area contributed by atoms with Crippen LogP contribution in [-0.4, -0.2) is 59.4 Å². The second-order valence-electron chi connectivity index (χ2n) is 7.30. The van der Waals surface area contributed by atoms with Gasteiger partial charge >= 0.3 is 11.9 Å². The highest BCUT2D eigenvalue weighted by Crippen LogP contribution is 2.33. The van der Waals surface area contributed by atoms with Crippen LogP contribution in [0.5, 0.6) is 0 Å². The van der Waals surface area contributed by atoms with Gasteiger partial charge in [-0.05, 0) is 38.2 Å². The molecule has 4 unspecified atom stereocenters. The van der Waals surface area contributed by atoms with Crippen LogP contribution in [0.3, 0.4) is 0 Å². The van der Waals surface area contributed by atoms with Crippen molar-refractivity contribution in [1.82, 2.24) is 4.90 Å². The molecule has 4 atom stereocenters. The van der Waals surface area contributed by atoms with Crippen LogP contribution in [0, 0.1) is 5.92 Å². The third-order valence-corrected chi connectivity index (χ3v) is 5.42. The van der Waals surface area contributed by atoms with Crippen molar-refractivity contribution >= 4 is 11.9 Å². The van der Waals surface area contributed by atoms with Gasteiger partial charge in [0.25, 0.3) is 0 Å². The van der Waals surface area contributed by atoms with E-state index in [-0.39, 0.29) is 30.6 Å². The number of allylic oxidation sites excluding steroid dienone is 1. The zero-order chi connectivity index (χ0) is 17.5. The molecule has 6 nitrogen and oxygen atoms in total. The van der Waals surface area contributed by atoms with Crippen molar-refractivity contribution in [2.75, 3.05) is 19.7 Å². The minimum absolute atomic E-state index is 0.0291. The molecule has 1 N–H and O–H groups in total. The van der Waals surface area contributed by atoms with E-state index in [2.05, 4.69) is 4.90 Å². The predicted molar refractivity (Wildman–Crippen MR) is 87.1 cm³/mol. The smallest absolute Gasteiger partial charge is 0.338 e. The first-order chi connectivity index (χ1) is 11.3. The van der Waals surface area contributed by atoms with E-state index in [1.165, 1.54) is 13.0 Å². The van der Waals surface area contributed by atoms with Crippen LogP contribution in [-0.2, 0) is 19.1 Å². The second-order valence-corrected chi connectivity index (χ2v) is 7.30. The molecule has 0 spiro atoms. The van der Waals surface area contributed by atoms with Crippen molar-refractivity contribution in [3.8, 4) is 0 Å². The Kier molecular flexibility index (Phi) is 4.53. The number of esters is 2. The van der Waals surface area contributed by atoms with Gasteiger partial charge in [0.2, 0.25) is 0 Å². The first-order valence-electron chi connectivity index (χ1n) is 8.49. The van der Waals surface area contributed by atoms with Gasteiger partial charge in [0.15, 0.2) is 5.60 Å². The molecule has 0 aromatic heterocycles. The highest BCUT2D eigenvalue weighted by Gasteiger charge is 2.43. The van der Waals surface area contributed by atoms with Crippen molar-refractivity contribution in [2.45, 2.75) is 51.4 Å². The van der Waals surface area contributed by atoms with E-state index in [0.717, 1.165) is 30.7 Å². The number of cyclic esters (lactones) is 1. The molecule has 3 aliphatic heterocycles. The Hall–Kier alpha value is -1.66. The van der Waals surface area contributed by atoms with Crippen LogP contribution in [0.4, 0.5) is 0 Å². The Labute approximate surface area is 142 Å². The van der Waals surface area contributed by atoms with Crippen molar-refractivity contribution in [3.63, 3.8) is 0 Å². The number of nitrogens with zero attached hydrogens (tertiary/aromatic N) is 1. The normalized spacial score (nSPS) is 38.1. The first kappa shape index (κ1) is 17.2. The molecule has 132 valence electrons. The van der Waals surface area contributed by atoms with E-state index in [1.54, 1.807) is 13.8 Å². The number of hydrogen-bond acceptors (Lipinski definition) is 6. The van der Waals surface area contributed by atoms with E-state index >= 15 is 0 Å². The van der Waals surface area contributed by atoms with Crippen LogP contribution in [0.15, 0.2) is 23.3 Å². The summed E-state index contributed by atoms with van der Waals surface area (Å²) in [5.41, 5.74) is 0.125. The number of aliphatic hydroxyl groups is 1. The van der Waals surface area contributed by atoms with Crippen molar-refractivity contribution in [1.29, 1.82) is 0 Å². The molecule has 1 fully saturated rings. The molecule has 0 radical (unpaired) electrons. The lowest BCUT2D eigenvalue weighted by molar-refractivity contribution is -0.168.